The fraction of sp³-hybridized carbons (Fsp3) is 0.500. The van der Waals surface area contributed by atoms with E-state index in [9.17, 15) is 9.18 Å². The average Bonchev–Trinajstić information content (AvgIpc) is 2.49. The van der Waals surface area contributed by atoms with Crippen LogP contribution < -0.4 is 16.2 Å². The van der Waals surface area contributed by atoms with Crippen LogP contribution in [0.2, 0.25) is 0 Å². The van der Waals surface area contributed by atoms with Crippen LogP contribution in [0.3, 0.4) is 0 Å². The van der Waals surface area contributed by atoms with E-state index in [2.05, 4.69) is 45.9 Å². The Morgan fingerprint density at radius 2 is 2.04 bits per heavy atom. The maximum Gasteiger partial charge on any atom is 0.272 e. The summed E-state index contributed by atoms with van der Waals surface area (Å²) in [5, 5.41) is 3.58. The van der Waals surface area contributed by atoms with Gasteiger partial charge in [-0.05, 0) is 48.7 Å². The van der Waals surface area contributed by atoms with Gasteiger partial charge in [-0.15, -0.1) is 0 Å². The van der Waals surface area contributed by atoms with Gasteiger partial charge < -0.3 is 5.32 Å². The quantitative estimate of drug-likeness (QED) is 0.524. The van der Waals surface area contributed by atoms with E-state index in [1.54, 1.807) is 6.07 Å². The highest BCUT2D eigenvalue weighted by Gasteiger charge is 2.27. The van der Waals surface area contributed by atoms with Crippen LogP contribution in [0.1, 0.15) is 43.5 Å². The molecule has 1 saturated carbocycles. The second-order valence-corrected chi connectivity index (χ2v) is 7.37. The van der Waals surface area contributed by atoms with Gasteiger partial charge in [0.1, 0.15) is 5.82 Å². The summed E-state index contributed by atoms with van der Waals surface area (Å²) in [6.07, 6.45) is 3.46. The molecule has 0 radical (unpaired) electrons. The molecule has 3 atom stereocenters. The minimum atomic E-state index is -0.590. The fourth-order valence-corrected chi connectivity index (χ4v) is 3.38. The first-order valence-electron chi connectivity index (χ1n) is 7.70. The summed E-state index contributed by atoms with van der Waals surface area (Å²) >= 11 is 8.37. The maximum atomic E-state index is 13.7. The molecule has 1 amide bonds. The van der Waals surface area contributed by atoms with E-state index in [1.165, 1.54) is 25.0 Å². The Kier molecular flexibility index (Phi) is 6.35. The summed E-state index contributed by atoms with van der Waals surface area (Å²) in [5.41, 5.74) is 5.04. The predicted molar refractivity (Wildman–Crippen MR) is 96.4 cm³/mol. The molecule has 0 spiro atoms. The molecule has 7 heteroatoms. The van der Waals surface area contributed by atoms with Crippen molar-refractivity contribution in [2.75, 3.05) is 0 Å². The lowest BCUT2D eigenvalue weighted by molar-refractivity contribution is 0.0939. The molecule has 1 aromatic carbocycles. The van der Waals surface area contributed by atoms with Gasteiger partial charge >= 0.3 is 0 Å². The normalized spacial score (nSPS) is 23.9. The van der Waals surface area contributed by atoms with Crippen LogP contribution in [0.4, 0.5) is 4.39 Å². The highest BCUT2D eigenvalue weighted by Crippen LogP contribution is 2.29. The summed E-state index contributed by atoms with van der Waals surface area (Å²) in [4.78, 5) is 12.0. The van der Waals surface area contributed by atoms with Crippen molar-refractivity contribution in [1.82, 2.24) is 16.2 Å². The molecule has 0 unspecified atom stereocenters. The summed E-state index contributed by atoms with van der Waals surface area (Å²) in [7, 11) is 0. The lowest BCUT2D eigenvalue weighted by Crippen LogP contribution is -2.52. The Balaban J connectivity index is 1.85. The van der Waals surface area contributed by atoms with Gasteiger partial charge in [0.2, 0.25) is 0 Å². The van der Waals surface area contributed by atoms with Crippen molar-refractivity contribution in [3.05, 3.63) is 34.1 Å². The first-order chi connectivity index (χ1) is 10.9. The summed E-state index contributed by atoms with van der Waals surface area (Å²) in [5.74, 6) is 0.00936. The van der Waals surface area contributed by atoms with E-state index >= 15 is 0 Å². The van der Waals surface area contributed by atoms with E-state index in [-0.39, 0.29) is 5.56 Å². The van der Waals surface area contributed by atoms with Crippen molar-refractivity contribution in [3.8, 4) is 0 Å². The minimum Gasteiger partial charge on any atom is -0.358 e. The van der Waals surface area contributed by atoms with Crippen molar-refractivity contribution in [1.29, 1.82) is 0 Å². The molecule has 126 valence electrons. The molecule has 2 rings (SSSR count). The smallest absolute Gasteiger partial charge is 0.272 e. The molecule has 4 nitrogen and oxygen atoms in total. The highest BCUT2D eigenvalue weighted by atomic mass is 79.9. The van der Waals surface area contributed by atoms with E-state index in [0.29, 0.717) is 27.5 Å². The molecule has 1 aromatic rings. The SMILES string of the molecule is C[C@@H]1[C@H](C)CCC[C@H]1NC(=S)NNC(=O)c1ccc(Br)cc1F. The van der Waals surface area contributed by atoms with Crippen molar-refractivity contribution in [3.63, 3.8) is 0 Å². The second-order valence-electron chi connectivity index (χ2n) is 6.05. The van der Waals surface area contributed by atoms with E-state index in [0.717, 1.165) is 6.42 Å². The summed E-state index contributed by atoms with van der Waals surface area (Å²) in [6, 6.07) is 4.56. The Labute approximate surface area is 149 Å². The standard InChI is InChI=1S/C16H21BrFN3OS/c1-9-4-3-5-14(10(9)2)19-16(23)21-20-15(22)12-7-6-11(17)8-13(12)18/h6-10,14H,3-5H2,1-2H3,(H,20,22)(H2,19,21,23)/t9-,10-,14-/m1/s1. The van der Waals surface area contributed by atoms with Gasteiger partial charge in [-0.25, -0.2) is 4.39 Å². The molecule has 0 bridgehead atoms. The monoisotopic (exact) mass is 401 g/mol. The number of halogens is 2. The number of carbonyl (C=O) groups excluding carboxylic acids is 1. The Hall–Kier alpha value is -1.21. The molecule has 0 aliphatic heterocycles. The first-order valence-corrected chi connectivity index (χ1v) is 8.90. The lowest BCUT2D eigenvalue weighted by Gasteiger charge is -2.35. The van der Waals surface area contributed by atoms with Crippen molar-refractivity contribution < 1.29 is 9.18 Å². The number of carbonyl (C=O) groups is 1. The second kappa shape index (κ2) is 8.06. The Bertz CT molecular complexity index is 599. The molecular formula is C16H21BrFN3OS. The molecule has 1 fully saturated rings. The molecule has 0 aromatic heterocycles. The molecule has 1 aliphatic carbocycles. The number of hydrogen-bond donors (Lipinski definition) is 3. The molecule has 3 N–H and O–H groups in total. The average molecular weight is 402 g/mol. The number of thiocarbonyl (C=S) groups is 1. The molecule has 0 heterocycles. The number of benzene rings is 1. The van der Waals surface area contributed by atoms with Crippen molar-refractivity contribution in [2.24, 2.45) is 11.8 Å². The Morgan fingerprint density at radius 3 is 2.74 bits per heavy atom. The van der Waals surface area contributed by atoms with Crippen LogP contribution in [0.25, 0.3) is 0 Å². The third kappa shape index (κ3) is 4.88. The van der Waals surface area contributed by atoms with Gasteiger partial charge in [0.25, 0.3) is 5.91 Å². The third-order valence-corrected chi connectivity index (χ3v) is 5.20. The van der Waals surface area contributed by atoms with Crippen LogP contribution in [0, 0.1) is 17.7 Å². The topological polar surface area (TPSA) is 53.2 Å². The largest absolute Gasteiger partial charge is 0.358 e. The molecule has 1 aliphatic rings. The van der Waals surface area contributed by atoms with Gasteiger partial charge in [0, 0.05) is 10.5 Å². The minimum absolute atomic E-state index is 0.0387. The summed E-state index contributed by atoms with van der Waals surface area (Å²) < 4.78 is 14.3. The van der Waals surface area contributed by atoms with E-state index in [4.69, 9.17) is 12.2 Å². The number of rotatable bonds is 2. The lowest BCUT2D eigenvalue weighted by atomic mass is 9.78. The van der Waals surface area contributed by atoms with Gasteiger partial charge in [-0.2, -0.15) is 0 Å². The first kappa shape index (κ1) is 18.1. The fourth-order valence-electron chi connectivity index (χ4n) is 2.84. The van der Waals surface area contributed by atoms with Crippen LogP contribution in [0.15, 0.2) is 22.7 Å². The highest BCUT2D eigenvalue weighted by molar-refractivity contribution is 9.10. The number of amides is 1. The third-order valence-electron chi connectivity index (χ3n) is 4.49. The van der Waals surface area contributed by atoms with Gasteiger partial charge in [0.05, 0.1) is 5.56 Å². The molecule has 23 heavy (non-hydrogen) atoms. The predicted octanol–water partition coefficient (Wildman–Crippen LogP) is 3.52. The number of nitrogens with one attached hydrogen (secondary N) is 3. The molecule has 0 saturated heterocycles. The Morgan fingerprint density at radius 1 is 1.30 bits per heavy atom. The van der Waals surface area contributed by atoms with E-state index < -0.39 is 11.7 Å². The van der Waals surface area contributed by atoms with Crippen LogP contribution >= 0.6 is 28.1 Å². The van der Waals surface area contributed by atoms with E-state index in [1.807, 2.05) is 0 Å². The van der Waals surface area contributed by atoms with Crippen LogP contribution in [-0.2, 0) is 0 Å². The summed E-state index contributed by atoms with van der Waals surface area (Å²) in [6.45, 7) is 4.45. The zero-order valence-corrected chi connectivity index (χ0v) is 15.6. The number of hydrogen-bond acceptors (Lipinski definition) is 2. The zero-order chi connectivity index (χ0) is 17.0. The van der Waals surface area contributed by atoms with Crippen LogP contribution in [0.5, 0.6) is 0 Å². The maximum absolute atomic E-state index is 13.7. The molecular weight excluding hydrogens is 381 g/mol. The van der Waals surface area contributed by atoms with Gasteiger partial charge in [-0.1, -0.05) is 42.6 Å². The van der Waals surface area contributed by atoms with Gasteiger partial charge in [0.15, 0.2) is 5.11 Å². The number of hydrazine groups is 1. The van der Waals surface area contributed by atoms with Crippen LogP contribution in [-0.4, -0.2) is 17.1 Å². The van der Waals surface area contributed by atoms with Crippen molar-refractivity contribution in [2.45, 2.75) is 39.2 Å². The van der Waals surface area contributed by atoms with Gasteiger partial charge in [-0.3, -0.25) is 15.6 Å². The van der Waals surface area contributed by atoms with Crippen molar-refractivity contribution >= 4 is 39.2 Å². The zero-order valence-electron chi connectivity index (χ0n) is 13.2.